The van der Waals surface area contributed by atoms with E-state index in [0.717, 1.165) is 5.69 Å². The van der Waals surface area contributed by atoms with E-state index in [1.165, 1.54) is 9.88 Å². The lowest BCUT2D eigenvalue weighted by Crippen LogP contribution is -1.86. The predicted octanol–water partition coefficient (Wildman–Crippen LogP) is 3.69. The Labute approximate surface area is 101 Å². The van der Waals surface area contributed by atoms with Gasteiger partial charge in [0.1, 0.15) is 0 Å². The predicted molar refractivity (Wildman–Crippen MR) is 69.8 cm³/mol. The zero-order chi connectivity index (χ0) is 12.1. The summed E-state index contributed by atoms with van der Waals surface area (Å²) in [5, 5.41) is 1.18. The van der Waals surface area contributed by atoms with Gasteiger partial charge in [0.15, 0.2) is 0 Å². The van der Waals surface area contributed by atoms with Crippen LogP contribution in [0.25, 0.3) is 10.6 Å². The first-order valence-corrected chi connectivity index (χ1v) is 6.42. The van der Waals surface area contributed by atoms with Crippen LogP contribution in [0.5, 0.6) is 0 Å². The van der Waals surface area contributed by atoms with Crippen molar-refractivity contribution in [2.75, 3.05) is 0 Å². The number of thiazole rings is 1. The van der Waals surface area contributed by atoms with Crippen molar-refractivity contribution in [3.05, 3.63) is 23.7 Å². The summed E-state index contributed by atoms with van der Waals surface area (Å²) in [6.45, 7) is 8.32. The fourth-order valence-corrected chi connectivity index (χ4v) is 2.24. The summed E-state index contributed by atoms with van der Waals surface area (Å²) in [6.07, 6.45) is 5.61. The summed E-state index contributed by atoms with van der Waals surface area (Å²) in [7, 11) is 2.00. The molecule has 0 saturated heterocycles. The molecule has 88 valence electrons. The van der Waals surface area contributed by atoms with Crippen LogP contribution in [0.3, 0.4) is 0 Å². The number of nitrogens with zero attached hydrogens (tertiary/aromatic N) is 3. The largest absolute Gasteiger partial charge is 0.333 e. The summed E-state index contributed by atoms with van der Waals surface area (Å²) in [6, 6.07) is 0. The van der Waals surface area contributed by atoms with Crippen molar-refractivity contribution in [1.82, 2.24) is 14.5 Å². The van der Waals surface area contributed by atoms with Crippen molar-refractivity contribution >= 4 is 11.3 Å². The van der Waals surface area contributed by atoms with E-state index in [4.69, 9.17) is 0 Å². The Morgan fingerprint density at radius 2 is 1.94 bits per heavy atom. The van der Waals surface area contributed by atoms with Crippen LogP contribution in [-0.2, 0) is 7.05 Å². The second kappa shape index (κ2) is 5.80. The Morgan fingerprint density at radius 3 is 2.38 bits per heavy atom. The van der Waals surface area contributed by atoms with Gasteiger partial charge in [-0.05, 0) is 0 Å². The Kier molecular flexibility index (Phi) is 4.68. The number of aromatic nitrogens is 3. The van der Waals surface area contributed by atoms with Crippen LogP contribution < -0.4 is 0 Å². The fraction of sp³-hybridized carbons (Fsp3) is 0.500. The molecule has 2 heterocycles. The highest BCUT2D eigenvalue weighted by Gasteiger charge is 2.09. The quantitative estimate of drug-likeness (QED) is 0.797. The minimum atomic E-state index is 0.502. The fourth-order valence-electron chi connectivity index (χ4n) is 1.27. The van der Waals surface area contributed by atoms with E-state index in [2.05, 4.69) is 23.8 Å². The van der Waals surface area contributed by atoms with Crippen molar-refractivity contribution in [2.24, 2.45) is 7.05 Å². The van der Waals surface area contributed by atoms with E-state index >= 15 is 0 Å². The lowest BCUT2D eigenvalue weighted by atomic mass is 10.2. The number of aryl methyl sites for hydroxylation is 1. The minimum Gasteiger partial charge on any atom is -0.333 e. The highest BCUT2D eigenvalue weighted by Crippen LogP contribution is 2.28. The second-order valence-corrected chi connectivity index (χ2v) is 4.67. The van der Waals surface area contributed by atoms with Crippen LogP contribution in [-0.4, -0.2) is 14.5 Å². The van der Waals surface area contributed by atoms with Gasteiger partial charge in [0, 0.05) is 19.2 Å². The lowest BCUT2D eigenvalue weighted by molar-refractivity contribution is 0.852. The third-order valence-electron chi connectivity index (χ3n) is 2.09. The molecule has 0 saturated carbocycles. The molecule has 4 heteroatoms. The van der Waals surface area contributed by atoms with Crippen molar-refractivity contribution in [3.63, 3.8) is 0 Å². The van der Waals surface area contributed by atoms with E-state index in [0.29, 0.717) is 5.92 Å². The standard InChI is InChI=1S/C10H13N3S.C2H6/c1-7(2)10-12-5-9(14-10)8-4-11-6-13(8)3;1-2/h4-7H,1-3H3;1-2H3. The summed E-state index contributed by atoms with van der Waals surface area (Å²) in [5.41, 5.74) is 1.13. The van der Waals surface area contributed by atoms with E-state index in [1.807, 2.05) is 44.2 Å². The molecule has 0 spiro atoms. The van der Waals surface area contributed by atoms with Gasteiger partial charge in [0.05, 0.1) is 28.1 Å². The van der Waals surface area contributed by atoms with E-state index in [1.54, 1.807) is 11.3 Å². The molecule has 0 fully saturated rings. The van der Waals surface area contributed by atoms with Gasteiger partial charge in [0.2, 0.25) is 0 Å². The van der Waals surface area contributed by atoms with Gasteiger partial charge in [-0.3, -0.25) is 0 Å². The Morgan fingerprint density at radius 1 is 1.25 bits per heavy atom. The van der Waals surface area contributed by atoms with Gasteiger partial charge in [-0.25, -0.2) is 9.97 Å². The summed E-state index contributed by atoms with van der Waals surface area (Å²) < 4.78 is 2.01. The monoisotopic (exact) mass is 237 g/mol. The third kappa shape index (κ3) is 2.70. The normalized spacial score (nSPS) is 10.1. The number of imidazole rings is 1. The van der Waals surface area contributed by atoms with Crippen LogP contribution >= 0.6 is 11.3 Å². The molecule has 0 aliphatic heterocycles. The molecular formula is C12H19N3S. The molecule has 0 atom stereocenters. The topological polar surface area (TPSA) is 30.7 Å². The first-order chi connectivity index (χ1) is 7.68. The Hall–Kier alpha value is -1.16. The molecule has 0 N–H and O–H groups in total. The van der Waals surface area contributed by atoms with Crippen LogP contribution in [0.15, 0.2) is 18.7 Å². The van der Waals surface area contributed by atoms with E-state index < -0.39 is 0 Å². The average molecular weight is 237 g/mol. The molecule has 0 radical (unpaired) electrons. The van der Waals surface area contributed by atoms with Crippen molar-refractivity contribution < 1.29 is 0 Å². The van der Waals surface area contributed by atoms with Crippen molar-refractivity contribution in [3.8, 4) is 10.6 Å². The van der Waals surface area contributed by atoms with Crippen LogP contribution in [0.4, 0.5) is 0 Å². The molecule has 0 aliphatic carbocycles. The average Bonchev–Trinajstić information content (AvgIpc) is 2.88. The zero-order valence-electron chi connectivity index (χ0n) is 10.6. The van der Waals surface area contributed by atoms with Crippen molar-refractivity contribution in [2.45, 2.75) is 33.6 Å². The van der Waals surface area contributed by atoms with Crippen LogP contribution in [0.1, 0.15) is 38.6 Å². The SMILES string of the molecule is CC.CC(C)c1ncc(-c2cncn2C)s1. The third-order valence-corrected chi connectivity index (χ3v) is 3.41. The van der Waals surface area contributed by atoms with Gasteiger partial charge in [-0.1, -0.05) is 27.7 Å². The maximum atomic E-state index is 4.39. The summed E-state index contributed by atoms with van der Waals surface area (Å²) >= 11 is 1.74. The molecule has 0 aliphatic rings. The van der Waals surface area contributed by atoms with E-state index in [9.17, 15) is 0 Å². The molecular weight excluding hydrogens is 218 g/mol. The maximum absolute atomic E-state index is 4.39. The molecule has 0 bridgehead atoms. The Bertz CT molecular complexity index is 429. The lowest BCUT2D eigenvalue weighted by Gasteiger charge is -1.97. The smallest absolute Gasteiger partial charge is 0.0957 e. The number of hydrogen-bond donors (Lipinski definition) is 0. The van der Waals surface area contributed by atoms with E-state index in [-0.39, 0.29) is 0 Å². The van der Waals surface area contributed by atoms with Gasteiger partial charge < -0.3 is 4.57 Å². The molecule has 0 amide bonds. The van der Waals surface area contributed by atoms with Crippen molar-refractivity contribution in [1.29, 1.82) is 0 Å². The number of rotatable bonds is 2. The highest BCUT2D eigenvalue weighted by atomic mass is 32.1. The van der Waals surface area contributed by atoms with Gasteiger partial charge in [-0.15, -0.1) is 11.3 Å². The molecule has 2 aromatic heterocycles. The molecule has 3 nitrogen and oxygen atoms in total. The molecule has 0 unspecified atom stereocenters. The molecule has 2 rings (SSSR count). The molecule has 2 aromatic rings. The summed E-state index contributed by atoms with van der Waals surface area (Å²) in [4.78, 5) is 9.67. The zero-order valence-corrected chi connectivity index (χ0v) is 11.4. The van der Waals surface area contributed by atoms with Crippen LogP contribution in [0, 0.1) is 0 Å². The van der Waals surface area contributed by atoms with Gasteiger partial charge in [0.25, 0.3) is 0 Å². The number of hydrogen-bond acceptors (Lipinski definition) is 3. The molecule has 0 aromatic carbocycles. The molecule has 16 heavy (non-hydrogen) atoms. The first-order valence-electron chi connectivity index (χ1n) is 5.61. The van der Waals surface area contributed by atoms with Gasteiger partial charge >= 0.3 is 0 Å². The van der Waals surface area contributed by atoms with Crippen LogP contribution in [0.2, 0.25) is 0 Å². The Balaban J connectivity index is 0.000000606. The highest BCUT2D eigenvalue weighted by molar-refractivity contribution is 7.15. The maximum Gasteiger partial charge on any atom is 0.0957 e. The second-order valence-electron chi connectivity index (χ2n) is 3.61. The minimum absolute atomic E-state index is 0.502. The summed E-state index contributed by atoms with van der Waals surface area (Å²) in [5.74, 6) is 0.502. The van der Waals surface area contributed by atoms with Gasteiger partial charge in [-0.2, -0.15) is 0 Å². The first kappa shape index (κ1) is 12.9.